The van der Waals surface area contributed by atoms with E-state index in [0.29, 0.717) is 16.6 Å². The Kier molecular flexibility index (Phi) is 2.67. The average Bonchev–Trinajstić information content (AvgIpc) is 2.81. The van der Waals surface area contributed by atoms with Crippen LogP contribution in [0.3, 0.4) is 0 Å². The van der Waals surface area contributed by atoms with Crippen LogP contribution in [0.15, 0.2) is 0 Å². The normalized spacial score (nSPS) is 27.4. The second kappa shape index (κ2) is 3.46. The number of hydrogen-bond acceptors (Lipinski definition) is 2. The summed E-state index contributed by atoms with van der Waals surface area (Å²) in [5, 5.41) is 0. The SMILES string of the molecule is CC(C)(C)N1CCN(C(C)(C)C)C2(CC2)C1. The van der Waals surface area contributed by atoms with Crippen molar-refractivity contribution in [3.8, 4) is 0 Å². The minimum Gasteiger partial charge on any atom is -0.295 e. The van der Waals surface area contributed by atoms with Crippen molar-refractivity contribution in [2.75, 3.05) is 19.6 Å². The highest BCUT2D eigenvalue weighted by Crippen LogP contribution is 2.48. The van der Waals surface area contributed by atoms with Crippen LogP contribution in [0.4, 0.5) is 0 Å². The first-order valence-electron chi connectivity index (χ1n) is 6.68. The van der Waals surface area contributed by atoms with Gasteiger partial charge in [-0.25, -0.2) is 0 Å². The predicted octanol–water partition coefficient (Wildman–Crippen LogP) is 2.73. The van der Waals surface area contributed by atoms with Gasteiger partial charge in [0, 0.05) is 36.3 Å². The Bertz CT molecular complexity index is 265. The lowest BCUT2D eigenvalue weighted by atomic mass is 9.95. The quantitative estimate of drug-likeness (QED) is 0.624. The third kappa shape index (κ3) is 2.14. The highest BCUT2D eigenvalue weighted by Gasteiger charge is 2.55. The smallest absolute Gasteiger partial charge is 0.0343 e. The Morgan fingerprint density at radius 2 is 1.38 bits per heavy atom. The van der Waals surface area contributed by atoms with Crippen LogP contribution in [-0.2, 0) is 0 Å². The van der Waals surface area contributed by atoms with E-state index in [1.165, 1.54) is 32.5 Å². The molecular weight excluding hydrogens is 196 g/mol. The fraction of sp³-hybridized carbons (Fsp3) is 1.00. The van der Waals surface area contributed by atoms with Crippen molar-refractivity contribution >= 4 is 0 Å². The summed E-state index contributed by atoms with van der Waals surface area (Å²) >= 11 is 0. The predicted molar refractivity (Wildman–Crippen MR) is 69.8 cm³/mol. The molecule has 1 aliphatic carbocycles. The topological polar surface area (TPSA) is 6.48 Å². The molecule has 1 aliphatic heterocycles. The van der Waals surface area contributed by atoms with E-state index in [2.05, 4.69) is 51.3 Å². The highest BCUT2D eigenvalue weighted by molar-refractivity contribution is 5.12. The van der Waals surface area contributed by atoms with Gasteiger partial charge in [0.1, 0.15) is 0 Å². The zero-order chi connectivity index (χ0) is 12.2. The van der Waals surface area contributed by atoms with Crippen molar-refractivity contribution in [2.24, 2.45) is 0 Å². The van der Waals surface area contributed by atoms with Gasteiger partial charge < -0.3 is 0 Å². The molecule has 1 heterocycles. The minimum absolute atomic E-state index is 0.333. The largest absolute Gasteiger partial charge is 0.295 e. The first kappa shape index (κ1) is 12.4. The molecule has 16 heavy (non-hydrogen) atoms. The van der Waals surface area contributed by atoms with Gasteiger partial charge in [-0.15, -0.1) is 0 Å². The monoisotopic (exact) mass is 224 g/mol. The molecule has 0 unspecified atom stereocenters. The number of rotatable bonds is 0. The molecule has 2 aliphatic rings. The van der Waals surface area contributed by atoms with Gasteiger partial charge in [-0.3, -0.25) is 9.80 Å². The van der Waals surface area contributed by atoms with Crippen molar-refractivity contribution < 1.29 is 0 Å². The summed E-state index contributed by atoms with van der Waals surface area (Å²) in [7, 11) is 0. The van der Waals surface area contributed by atoms with Gasteiger partial charge in [-0.2, -0.15) is 0 Å². The fourth-order valence-electron chi connectivity index (χ4n) is 3.17. The molecule has 0 atom stereocenters. The Hall–Kier alpha value is -0.0800. The van der Waals surface area contributed by atoms with Crippen LogP contribution in [0.2, 0.25) is 0 Å². The molecule has 0 bridgehead atoms. The first-order valence-corrected chi connectivity index (χ1v) is 6.68. The third-order valence-corrected chi connectivity index (χ3v) is 4.24. The summed E-state index contributed by atoms with van der Waals surface area (Å²) in [5.41, 5.74) is 1.18. The van der Waals surface area contributed by atoms with Crippen LogP contribution in [0.5, 0.6) is 0 Å². The molecule has 1 saturated heterocycles. The molecule has 0 radical (unpaired) electrons. The van der Waals surface area contributed by atoms with E-state index in [-0.39, 0.29) is 0 Å². The Balaban J connectivity index is 2.11. The van der Waals surface area contributed by atoms with Crippen molar-refractivity contribution in [2.45, 2.75) is 71.0 Å². The van der Waals surface area contributed by atoms with E-state index >= 15 is 0 Å². The molecular formula is C14H28N2. The summed E-state index contributed by atoms with van der Waals surface area (Å²) < 4.78 is 0. The lowest BCUT2D eigenvalue weighted by molar-refractivity contribution is -0.0343. The molecule has 0 amide bonds. The number of hydrogen-bond donors (Lipinski definition) is 0. The third-order valence-electron chi connectivity index (χ3n) is 4.24. The Morgan fingerprint density at radius 3 is 1.75 bits per heavy atom. The maximum Gasteiger partial charge on any atom is 0.0343 e. The van der Waals surface area contributed by atoms with E-state index < -0.39 is 0 Å². The zero-order valence-corrected chi connectivity index (χ0v) is 11.9. The minimum atomic E-state index is 0.333. The van der Waals surface area contributed by atoms with Gasteiger partial charge in [-0.05, 0) is 54.4 Å². The van der Waals surface area contributed by atoms with E-state index in [1.54, 1.807) is 0 Å². The van der Waals surface area contributed by atoms with Crippen LogP contribution in [0, 0.1) is 0 Å². The molecule has 2 heteroatoms. The van der Waals surface area contributed by atoms with Gasteiger partial charge in [-0.1, -0.05) is 0 Å². The summed E-state index contributed by atoms with van der Waals surface area (Å²) in [6, 6.07) is 0. The van der Waals surface area contributed by atoms with E-state index in [4.69, 9.17) is 0 Å². The summed E-state index contributed by atoms with van der Waals surface area (Å²) in [4.78, 5) is 5.42. The second-order valence-electron chi connectivity index (χ2n) is 7.64. The van der Waals surface area contributed by atoms with Gasteiger partial charge in [0.25, 0.3) is 0 Å². The van der Waals surface area contributed by atoms with Crippen molar-refractivity contribution in [1.82, 2.24) is 9.80 Å². The van der Waals surface area contributed by atoms with Gasteiger partial charge in [0.2, 0.25) is 0 Å². The molecule has 0 aromatic carbocycles. The summed E-state index contributed by atoms with van der Waals surface area (Å²) in [6.07, 6.45) is 2.80. The van der Waals surface area contributed by atoms with Gasteiger partial charge >= 0.3 is 0 Å². The highest BCUT2D eigenvalue weighted by atomic mass is 15.4. The lowest BCUT2D eigenvalue weighted by Gasteiger charge is -2.52. The molecule has 2 fully saturated rings. The molecule has 94 valence electrons. The Morgan fingerprint density at radius 1 is 0.812 bits per heavy atom. The van der Waals surface area contributed by atoms with Crippen molar-refractivity contribution in [1.29, 1.82) is 0 Å². The number of nitrogens with zero attached hydrogens (tertiary/aromatic N) is 2. The maximum atomic E-state index is 2.75. The first-order chi connectivity index (χ1) is 7.15. The molecule has 0 aromatic heterocycles. The second-order valence-corrected chi connectivity index (χ2v) is 7.64. The van der Waals surface area contributed by atoms with Crippen LogP contribution < -0.4 is 0 Å². The number of piperazine rings is 1. The molecule has 1 spiro atoms. The standard InChI is InChI=1S/C14H28N2/c1-12(2,3)15-9-10-16(13(4,5)6)14(11-15)7-8-14/h7-11H2,1-6H3. The molecule has 1 saturated carbocycles. The molecule has 0 aromatic rings. The van der Waals surface area contributed by atoms with E-state index in [9.17, 15) is 0 Å². The van der Waals surface area contributed by atoms with Crippen LogP contribution in [0.25, 0.3) is 0 Å². The maximum absolute atomic E-state index is 2.75. The summed E-state index contributed by atoms with van der Waals surface area (Å²) in [6.45, 7) is 17.8. The van der Waals surface area contributed by atoms with E-state index in [0.717, 1.165) is 0 Å². The van der Waals surface area contributed by atoms with Gasteiger partial charge in [0.15, 0.2) is 0 Å². The fourth-order valence-corrected chi connectivity index (χ4v) is 3.17. The summed E-state index contributed by atoms with van der Waals surface area (Å²) in [5.74, 6) is 0. The molecule has 0 N–H and O–H groups in total. The van der Waals surface area contributed by atoms with Crippen molar-refractivity contribution in [3.05, 3.63) is 0 Å². The van der Waals surface area contributed by atoms with Crippen molar-refractivity contribution in [3.63, 3.8) is 0 Å². The van der Waals surface area contributed by atoms with Crippen LogP contribution in [0.1, 0.15) is 54.4 Å². The lowest BCUT2D eigenvalue weighted by Crippen LogP contribution is -2.63. The molecule has 2 rings (SSSR count). The van der Waals surface area contributed by atoms with Crippen LogP contribution in [-0.4, -0.2) is 46.1 Å². The molecule has 2 nitrogen and oxygen atoms in total. The average molecular weight is 224 g/mol. The van der Waals surface area contributed by atoms with E-state index in [1.807, 2.05) is 0 Å². The van der Waals surface area contributed by atoms with Gasteiger partial charge in [0.05, 0.1) is 0 Å². The van der Waals surface area contributed by atoms with Crippen LogP contribution >= 0.6 is 0 Å². The Labute approximate surface area is 101 Å². The zero-order valence-electron chi connectivity index (χ0n) is 11.9.